The highest BCUT2D eigenvalue weighted by molar-refractivity contribution is 6.00. The molecule has 0 unspecified atom stereocenters. The second-order valence-corrected chi connectivity index (χ2v) is 4.68. The van der Waals surface area contributed by atoms with Crippen molar-refractivity contribution in [2.45, 2.75) is 32.2 Å². The zero-order valence-electron chi connectivity index (χ0n) is 11.3. The van der Waals surface area contributed by atoms with E-state index in [1.54, 1.807) is 7.11 Å². The van der Waals surface area contributed by atoms with E-state index < -0.39 is 0 Å². The molecular formula is C15H22N2O. The second-order valence-electron chi connectivity index (χ2n) is 4.68. The van der Waals surface area contributed by atoms with Gasteiger partial charge in [-0.25, -0.2) is 0 Å². The van der Waals surface area contributed by atoms with Crippen molar-refractivity contribution in [3.63, 3.8) is 0 Å². The lowest BCUT2D eigenvalue weighted by Crippen LogP contribution is -2.29. The van der Waals surface area contributed by atoms with E-state index in [9.17, 15) is 0 Å². The highest BCUT2D eigenvalue weighted by Gasteiger charge is 2.23. The summed E-state index contributed by atoms with van der Waals surface area (Å²) in [7, 11) is 1.76. The minimum absolute atomic E-state index is 0.445. The fourth-order valence-corrected chi connectivity index (χ4v) is 2.43. The number of nitrogens with zero attached hydrogens (tertiary/aromatic N) is 2. The van der Waals surface area contributed by atoms with Crippen molar-refractivity contribution >= 4 is 5.71 Å². The van der Waals surface area contributed by atoms with Crippen molar-refractivity contribution < 1.29 is 4.74 Å². The molecule has 0 radical (unpaired) electrons. The molecule has 1 heterocycles. The van der Waals surface area contributed by atoms with Gasteiger partial charge in [0.25, 0.3) is 0 Å². The molecule has 0 amide bonds. The van der Waals surface area contributed by atoms with E-state index in [0.29, 0.717) is 6.04 Å². The molecule has 0 aliphatic carbocycles. The molecule has 1 aromatic rings. The van der Waals surface area contributed by atoms with Crippen molar-refractivity contribution in [1.82, 2.24) is 5.01 Å². The molecule has 1 atom stereocenters. The molecule has 98 valence electrons. The fourth-order valence-electron chi connectivity index (χ4n) is 2.43. The summed E-state index contributed by atoms with van der Waals surface area (Å²) in [6.07, 6.45) is 3.35. The Kier molecular flexibility index (Phi) is 4.76. The van der Waals surface area contributed by atoms with Crippen LogP contribution in [0.2, 0.25) is 0 Å². The third-order valence-corrected chi connectivity index (χ3v) is 3.40. The molecule has 2 rings (SSSR count). The van der Waals surface area contributed by atoms with Crippen molar-refractivity contribution in [3.8, 4) is 0 Å². The van der Waals surface area contributed by atoms with E-state index in [1.165, 1.54) is 24.1 Å². The predicted molar refractivity (Wildman–Crippen MR) is 74.9 cm³/mol. The van der Waals surface area contributed by atoms with Gasteiger partial charge in [0.1, 0.15) is 0 Å². The van der Waals surface area contributed by atoms with Gasteiger partial charge in [-0.3, -0.25) is 5.01 Å². The Morgan fingerprint density at radius 2 is 2.17 bits per heavy atom. The number of hydrogen-bond acceptors (Lipinski definition) is 3. The normalized spacial score (nSPS) is 20.4. The summed E-state index contributed by atoms with van der Waals surface area (Å²) >= 11 is 0. The highest BCUT2D eigenvalue weighted by Crippen LogP contribution is 2.19. The van der Waals surface area contributed by atoms with Crippen LogP contribution >= 0.6 is 0 Å². The van der Waals surface area contributed by atoms with E-state index in [2.05, 4.69) is 36.2 Å². The van der Waals surface area contributed by atoms with Crippen LogP contribution in [0.1, 0.15) is 31.7 Å². The molecule has 3 heteroatoms. The van der Waals surface area contributed by atoms with Crippen LogP contribution in [-0.4, -0.2) is 37.0 Å². The van der Waals surface area contributed by atoms with Crippen molar-refractivity contribution in [2.75, 3.05) is 20.3 Å². The first-order valence-corrected chi connectivity index (χ1v) is 6.73. The van der Waals surface area contributed by atoms with Gasteiger partial charge in [-0.2, -0.15) is 5.10 Å². The van der Waals surface area contributed by atoms with E-state index in [0.717, 1.165) is 19.6 Å². The molecule has 1 aromatic carbocycles. The Bertz CT molecular complexity index is 389. The standard InChI is InChI=1S/C15H22N2O/c1-3-15(13-8-5-4-6-9-13)16-17-11-7-10-14(17)12-18-2/h4-6,8-9,14H,3,7,10-12H2,1-2H3/b16-15+/t14-/m0/s1. The maximum Gasteiger partial charge on any atom is 0.0704 e. The maximum atomic E-state index is 5.27. The van der Waals surface area contributed by atoms with Crippen LogP contribution in [0.4, 0.5) is 0 Å². The van der Waals surface area contributed by atoms with Crippen LogP contribution in [0, 0.1) is 0 Å². The Hall–Kier alpha value is -1.35. The summed E-state index contributed by atoms with van der Waals surface area (Å²) in [5, 5.41) is 7.04. The van der Waals surface area contributed by atoms with Crippen LogP contribution in [0.5, 0.6) is 0 Å². The molecule has 1 saturated heterocycles. The molecule has 18 heavy (non-hydrogen) atoms. The largest absolute Gasteiger partial charge is 0.382 e. The number of hydrogen-bond donors (Lipinski definition) is 0. The zero-order valence-corrected chi connectivity index (χ0v) is 11.3. The Labute approximate surface area is 109 Å². The van der Waals surface area contributed by atoms with Gasteiger partial charge < -0.3 is 4.74 Å². The molecule has 0 N–H and O–H groups in total. The molecular weight excluding hydrogens is 224 g/mol. The third kappa shape index (κ3) is 3.10. The molecule has 0 bridgehead atoms. The number of ether oxygens (including phenoxy) is 1. The molecule has 0 spiro atoms. The highest BCUT2D eigenvalue weighted by atomic mass is 16.5. The smallest absolute Gasteiger partial charge is 0.0704 e. The predicted octanol–water partition coefficient (Wildman–Crippen LogP) is 2.91. The minimum atomic E-state index is 0.445. The lowest BCUT2D eigenvalue weighted by atomic mass is 10.1. The first-order chi connectivity index (χ1) is 8.85. The van der Waals surface area contributed by atoms with Crippen LogP contribution in [0.25, 0.3) is 0 Å². The first-order valence-electron chi connectivity index (χ1n) is 6.73. The molecule has 1 fully saturated rings. The third-order valence-electron chi connectivity index (χ3n) is 3.40. The second kappa shape index (κ2) is 6.55. The summed E-state index contributed by atoms with van der Waals surface area (Å²) in [4.78, 5) is 0. The molecule has 0 saturated carbocycles. The SMILES string of the molecule is CC/C(=N\N1CCC[C@H]1COC)c1ccccc1. The van der Waals surface area contributed by atoms with Crippen LogP contribution < -0.4 is 0 Å². The van der Waals surface area contributed by atoms with Gasteiger partial charge in [-0.15, -0.1) is 0 Å². The van der Waals surface area contributed by atoms with E-state index >= 15 is 0 Å². The number of hydrazone groups is 1. The summed E-state index contributed by atoms with van der Waals surface area (Å²) < 4.78 is 5.27. The van der Waals surface area contributed by atoms with Crippen molar-refractivity contribution in [3.05, 3.63) is 35.9 Å². The monoisotopic (exact) mass is 246 g/mol. The van der Waals surface area contributed by atoms with Crippen LogP contribution in [0.3, 0.4) is 0 Å². The van der Waals surface area contributed by atoms with Gasteiger partial charge in [0.05, 0.1) is 18.4 Å². The first kappa shape index (κ1) is 13.1. The van der Waals surface area contributed by atoms with Gasteiger partial charge in [-0.05, 0) is 24.8 Å². The Morgan fingerprint density at radius 1 is 1.39 bits per heavy atom. The van der Waals surface area contributed by atoms with Gasteiger partial charge in [-0.1, -0.05) is 37.3 Å². The molecule has 1 aliphatic heterocycles. The lowest BCUT2D eigenvalue weighted by molar-refractivity contribution is 0.118. The fraction of sp³-hybridized carbons (Fsp3) is 0.533. The Morgan fingerprint density at radius 3 is 2.83 bits per heavy atom. The quantitative estimate of drug-likeness (QED) is 0.746. The molecule has 0 aromatic heterocycles. The Balaban J connectivity index is 2.14. The van der Waals surface area contributed by atoms with Gasteiger partial charge in [0.15, 0.2) is 0 Å². The number of methoxy groups -OCH3 is 1. The molecule has 1 aliphatic rings. The summed E-state index contributed by atoms with van der Waals surface area (Å²) in [6.45, 7) is 3.98. The lowest BCUT2D eigenvalue weighted by Gasteiger charge is -2.22. The number of rotatable bonds is 5. The summed E-state index contributed by atoms with van der Waals surface area (Å²) in [5.74, 6) is 0. The summed E-state index contributed by atoms with van der Waals surface area (Å²) in [5.41, 5.74) is 2.39. The minimum Gasteiger partial charge on any atom is -0.382 e. The zero-order chi connectivity index (χ0) is 12.8. The van der Waals surface area contributed by atoms with Gasteiger partial charge in [0.2, 0.25) is 0 Å². The number of benzene rings is 1. The average Bonchev–Trinajstić information content (AvgIpc) is 2.85. The van der Waals surface area contributed by atoms with Crippen LogP contribution in [-0.2, 0) is 4.74 Å². The van der Waals surface area contributed by atoms with E-state index in [4.69, 9.17) is 9.84 Å². The summed E-state index contributed by atoms with van der Waals surface area (Å²) in [6, 6.07) is 10.9. The van der Waals surface area contributed by atoms with E-state index in [1.807, 2.05) is 6.07 Å². The van der Waals surface area contributed by atoms with Crippen molar-refractivity contribution in [2.24, 2.45) is 5.10 Å². The average molecular weight is 246 g/mol. The van der Waals surface area contributed by atoms with Gasteiger partial charge in [0, 0.05) is 13.7 Å². The topological polar surface area (TPSA) is 24.8 Å². The van der Waals surface area contributed by atoms with E-state index in [-0.39, 0.29) is 0 Å². The maximum absolute atomic E-state index is 5.27. The molecule has 3 nitrogen and oxygen atoms in total. The van der Waals surface area contributed by atoms with Gasteiger partial charge >= 0.3 is 0 Å². The van der Waals surface area contributed by atoms with Crippen LogP contribution in [0.15, 0.2) is 35.4 Å². The van der Waals surface area contributed by atoms with Crippen molar-refractivity contribution in [1.29, 1.82) is 0 Å².